The first-order valence-electron chi connectivity index (χ1n) is 11.1. The maximum Gasteiger partial charge on any atom is 0.266 e. The summed E-state index contributed by atoms with van der Waals surface area (Å²) in [6.07, 6.45) is 1.76. The van der Waals surface area contributed by atoms with E-state index in [2.05, 4.69) is 19.2 Å². The van der Waals surface area contributed by atoms with E-state index in [4.69, 9.17) is 4.98 Å². The fourth-order valence-corrected chi connectivity index (χ4v) is 4.64. The van der Waals surface area contributed by atoms with E-state index in [1.165, 1.54) is 17.3 Å². The number of rotatable bonds is 7. The first-order chi connectivity index (χ1) is 16.0. The Labute approximate surface area is 197 Å². The van der Waals surface area contributed by atoms with Gasteiger partial charge in [0.05, 0.1) is 22.3 Å². The predicted octanol–water partition coefficient (Wildman–Crippen LogP) is 5.55. The van der Waals surface area contributed by atoms with Crippen LogP contribution < -0.4 is 10.9 Å². The Morgan fingerprint density at radius 3 is 2.45 bits per heavy atom. The van der Waals surface area contributed by atoms with Crippen molar-refractivity contribution in [1.29, 1.82) is 0 Å². The first-order valence-corrected chi connectivity index (χ1v) is 12.1. The van der Waals surface area contributed by atoms with E-state index >= 15 is 0 Å². The molecule has 0 atom stereocenters. The third-order valence-corrected chi connectivity index (χ3v) is 6.62. The van der Waals surface area contributed by atoms with Gasteiger partial charge in [-0.3, -0.25) is 14.2 Å². The summed E-state index contributed by atoms with van der Waals surface area (Å²) in [7, 11) is 0. The summed E-state index contributed by atoms with van der Waals surface area (Å²) in [4.78, 5) is 30.9. The molecule has 0 radical (unpaired) electrons. The number of fused-ring (bicyclic) bond motifs is 1. The van der Waals surface area contributed by atoms with Crippen molar-refractivity contribution in [3.8, 4) is 5.69 Å². The Morgan fingerprint density at radius 1 is 0.970 bits per heavy atom. The molecule has 0 bridgehead atoms. The Kier molecular flexibility index (Phi) is 6.94. The Balaban J connectivity index is 1.67. The molecule has 0 spiro atoms. The molecular weight excluding hydrogens is 430 g/mol. The largest absolute Gasteiger partial charge is 0.325 e. The average molecular weight is 458 g/mol. The number of thioether (sulfide) groups is 1. The topological polar surface area (TPSA) is 64.0 Å². The molecule has 6 heteroatoms. The van der Waals surface area contributed by atoms with Crippen LogP contribution >= 0.6 is 11.8 Å². The molecule has 4 rings (SSSR count). The number of carbonyl (C=O) groups excluding carboxylic acids is 1. The van der Waals surface area contributed by atoms with Crippen molar-refractivity contribution in [3.63, 3.8) is 0 Å². The molecule has 33 heavy (non-hydrogen) atoms. The zero-order valence-electron chi connectivity index (χ0n) is 19.1. The molecule has 1 N–H and O–H groups in total. The highest BCUT2D eigenvalue weighted by Gasteiger charge is 2.16. The quantitative estimate of drug-likeness (QED) is 0.292. The summed E-state index contributed by atoms with van der Waals surface area (Å²) in [5.74, 6) is 0.0225. The highest BCUT2D eigenvalue weighted by Crippen LogP contribution is 2.24. The van der Waals surface area contributed by atoms with Gasteiger partial charge in [0.1, 0.15) is 0 Å². The molecule has 0 saturated heterocycles. The Hall–Kier alpha value is -3.38. The van der Waals surface area contributed by atoms with Crippen LogP contribution in [-0.4, -0.2) is 21.2 Å². The molecule has 0 unspecified atom stereocenters. The van der Waals surface area contributed by atoms with E-state index in [1.54, 1.807) is 10.6 Å². The number of amides is 1. The predicted molar refractivity (Wildman–Crippen MR) is 137 cm³/mol. The van der Waals surface area contributed by atoms with E-state index < -0.39 is 0 Å². The minimum Gasteiger partial charge on any atom is -0.325 e. The summed E-state index contributed by atoms with van der Waals surface area (Å²) in [5.41, 5.74) is 5.42. The monoisotopic (exact) mass is 457 g/mol. The molecule has 0 aliphatic carbocycles. The van der Waals surface area contributed by atoms with Crippen molar-refractivity contribution < 1.29 is 4.79 Å². The van der Waals surface area contributed by atoms with Gasteiger partial charge in [-0.15, -0.1) is 0 Å². The number of hydrogen-bond donors (Lipinski definition) is 1. The molecule has 1 aromatic heterocycles. The third kappa shape index (κ3) is 4.86. The van der Waals surface area contributed by atoms with Crippen molar-refractivity contribution in [2.24, 2.45) is 0 Å². The summed E-state index contributed by atoms with van der Waals surface area (Å²) in [6.45, 7) is 6.15. The second-order valence-corrected chi connectivity index (χ2v) is 8.81. The van der Waals surface area contributed by atoms with Gasteiger partial charge in [0.25, 0.3) is 5.56 Å². The number of aromatic nitrogens is 2. The van der Waals surface area contributed by atoms with Gasteiger partial charge in [-0.1, -0.05) is 68.1 Å². The van der Waals surface area contributed by atoms with Gasteiger partial charge >= 0.3 is 0 Å². The van der Waals surface area contributed by atoms with Crippen molar-refractivity contribution in [2.45, 2.75) is 38.8 Å². The lowest BCUT2D eigenvalue weighted by molar-refractivity contribution is -0.113. The van der Waals surface area contributed by atoms with E-state index in [-0.39, 0.29) is 17.2 Å². The zero-order valence-corrected chi connectivity index (χ0v) is 19.9. The first kappa shape index (κ1) is 22.8. The molecule has 0 saturated carbocycles. The smallest absolute Gasteiger partial charge is 0.266 e. The molecular formula is C27H27N3O2S. The second-order valence-electron chi connectivity index (χ2n) is 7.87. The molecule has 0 aliphatic heterocycles. The lowest BCUT2D eigenvalue weighted by atomic mass is 10.1. The van der Waals surface area contributed by atoms with Crippen LogP contribution in [0.4, 0.5) is 5.69 Å². The van der Waals surface area contributed by atoms with Crippen molar-refractivity contribution in [2.75, 3.05) is 11.1 Å². The van der Waals surface area contributed by atoms with E-state index in [9.17, 15) is 9.59 Å². The minimum absolute atomic E-state index is 0.126. The molecule has 1 heterocycles. The number of anilines is 1. The van der Waals surface area contributed by atoms with Crippen LogP contribution in [0.25, 0.3) is 16.6 Å². The number of para-hydroxylation sites is 2. The lowest BCUT2D eigenvalue weighted by Crippen LogP contribution is -2.23. The number of nitrogens with zero attached hydrogens (tertiary/aromatic N) is 2. The highest BCUT2D eigenvalue weighted by atomic mass is 32.2. The molecule has 5 nitrogen and oxygen atoms in total. The van der Waals surface area contributed by atoms with Crippen molar-refractivity contribution >= 4 is 34.3 Å². The summed E-state index contributed by atoms with van der Waals surface area (Å²) >= 11 is 1.27. The molecule has 0 aliphatic rings. The Morgan fingerprint density at radius 2 is 1.73 bits per heavy atom. The van der Waals surface area contributed by atoms with Gasteiger partial charge in [0.15, 0.2) is 5.16 Å². The molecule has 3 aromatic carbocycles. The number of hydrogen-bond acceptors (Lipinski definition) is 4. The average Bonchev–Trinajstić information content (AvgIpc) is 2.84. The SMILES string of the molecule is CCc1ccc(-n2c(SCC(=O)Nc3c(C)cccc3CC)nc3ccccc3c2=O)cc1. The molecule has 168 valence electrons. The van der Waals surface area contributed by atoms with Gasteiger partial charge < -0.3 is 5.32 Å². The van der Waals surface area contributed by atoms with Crippen LogP contribution in [0.1, 0.15) is 30.5 Å². The molecule has 0 fully saturated rings. The minimum atomic E-state index is -0.139. The number of aryl methyl sites for hydroxylation is 3. The van der Waals surface area contributed by atoms with Gasteiger partial charge in [0, 0.05) is 5.69 Å². The second kappa shape index (κ2) is 10.0. The van der Waals surface area contributed by atoms with Crippen LogP contribution in [-0.2, 0) is 17.6 Å². The van der Waals surface area contributed by atoms with E-state index in [1.807, 2.05) is 67.6 Å². The van der Waals surface area contributed by atoms with Crippen LogP contribution in [0.2, 0.25) is 0 Å². The van der Waals surface area contributed by atoms with Crippen molar-refractivity contribution in [3.05, 3.63) is 93.8 Å². The fourth-order valence-electron chi connectivity index (χ4n) is 3.83. The number of carbonyl (C=O) groups is 1. The number of benzene rings is 3. The van der Waals surface area contributed by atoms with E-state index in [0.29, 0.717) is 16.1 Å². The van der Waals surface area contributed by atoms with Crippen molar-refractivity contribution in [1.82, 2.24) is 9.55 Å². The zero-order chi connectivity index (χ0) is 23.4. The van der Waals surface area contributed by atoms with Crippen LogP contribution in [0.15, 0.2) is 76.7 Å². The highest BCUT2D eigenvalue weighted by molar-refractivity contribution is 7.99. The van der Waals surface area contributed by atoms with Crippen LogP contribution in [0.5, 0.6) is 0 Å². The summed E-state index contributed by atoms with van der Waals surface area (Å²) < 4.78 is 1.60. The standard InChI is InChI=1S/C27H27N3O2S/c1-4-19-13-15-21(16-14-19)30-26(32)22-11-6-7-12-23(22)28-27(30)33-17-24(31)29-25-18(3)9-8-10-20(25)5-2/h6-16H,4-5,17H2,1-3H3,(H,29,31). The molecule has 4 aromatic rings. The fraction of sp³-hybridized carbons (Fsp3) is 0.222. The normalized spacial score (nSPS) is 11.0. The molecule has 1 amide bonds. The van der Waals surface area contributed by atoms with Gasteiger partial charge in [0.2, 0.25) is 5.91 Å². The Bertz CT molecular complexity index is 1360. The summed E-state index contributed by atoms with van der Waals surface area (Å²) in [5, 5.41) is 4.10. The lowest BCUT2D eigenvalue weighted by Gasteiger charge is -2.15. The summed E-state index contributed by atoms with van der Waals surface area (Å²) in [6, 6.07) is 21.2. The van der Waals surface area contributed by atoms with Gasteiger partial charge in [-0.25, -0.2) is 4.98 Å². The van der Waals surface area contributed by atoms with Crippen LogP contribution in [0, 0.1) is 6.92 Å². The third-order valence-electron chi connectivity index (χ3n) is 5.68. The van der Waals surface area contributed by atoms with Gasteiger partial charge in [-0.05, 0) is 60.7 Å². The maximum atomic E-state index is 13.4. The number of nitrogens with one attached hydrogen (secondary N) is 1. The van der Waals surface area contributed by atoms with E-state index in [0.717, 1.165) is 35.3 Å². The maximum absolute atomic E-state index is 13.4. The van der Waals surface area contributed by atoms with Crippen LogP contribution in [0.3, 0.4) is 0 Å². The van der Waals surface area contributed by atoms with Gasteiger partial charge in [-0.2, -0.15) is 0 Å².